The molecule has 0 fully saturated rings. The number of allylic oxidation sites excluding steroid dienone is 4. The van der Waals surface area contributed by atoms with Crippen molar-refractivity contribution in [3.8, 4) is 0 Å². The molecule has 0 aliphatic rings. The Kier molecular flexibility index (Phi) is 5.28. The predicted octanol–water partition coefficient (Wildman–Crippen LogP) is 1.71. The van der Waals surface area contributed by atoms with Gasteiger partial charge in [0, 0.05) is 11.3 Å². The zero-order chi connectivity index (χ0) is 15.2. The first kappa shape index (κ1) is 15.7. The fraction of sp³-hybridized carbons (Fsp3) is 0.0714. The summed E-state index contributed by atoms with van der Waals surface area (Å²) in [5.41, 5.74) is 5.74. The molecule has 5 nitrogen and oxygen atoms in total. The van der Waals surface area contributed by atoms with Crippen LogP contribution in [0.15, 0.2) is 65.7 Å². The van der Waals surface area contributed by atoms with Gasteiger partial charge >= 0.3 is 0 Å². The molecule has 0 unspecified atom stereocenters. The minimum atomic E-state index is -3.72. The van der Waals surface area contributed by atoms with Crippen molar-refractivity contribution in [2.24, 2.45) is 5.73 Å². The predicted molar refractivity (Wildman–Crippen MR) is 78.4 cm³/mol. The lowest BCUT2D eigenvalue weighted by atomic mass is 10.2. The first-order valence-electron chi connectivity index (χ1n) is 5.79. The molecule has 0 atom stereocenters. The van der Waals surface area contributed by atoms with E-state index in [1.165, 1.54) is 36.4 Å². The Morgan fingerprint density at radius 3 is 2.35 bits per heavy atom. The van der Waals surface area contributed by atoms with E-state index in [1.54, 1.807) is 19.1 Å². The fourth-order valence-electron chi connectivity index (χ4n) is 1.44. The number of hydrogen-bond donors (Lipinski definition) is 2. The average Bonchev–Trinajstić information content (AvgIpc) is 2.39. The van der Waals surface area contributed by atoms with Crippen molar-refractivity contribution in [1.29, 1.82) is 0 Å². The molecule has 1 rings (SSSR count). The van der Waals surface area contributed by atoms with Gasteiger partial charge in [0.05, 0.1) is 4.90 Å². The zero-order valence-corrected chi connectivity index (χ0v) is 11.9. The van der Waals surface area contributed by atoms with Gasteiger partial charge in [-0.15, -0.1) is 0 Å². The number of carbonyl (C=O) groups is 1. The Morgan fingerprint density at radius 1 is 1.30 bits per heavy atom. The van der Waals surface area contributed by atoms with E-state index in [9.17, 15) is 13.2 Å². The Bertz CT molecular complexity index is 656. The van der Waals surface area contributed by atoms with E-state index >= 15 is 0 Å². The fourth-order valence-corrected chi connectivity index (χ4v) is 2.50. The molecular formula is C14H16N2O3S. The number of hydrogen-bond acceptors (Lipinski definition) is 3. The molecule has 0 aromatic heterocycles. The molecule has 1 aromatic rings. The highest BCUT2D eigenvalue weighted by Crippen LogP contribution is 2.12. The third kappa shape index (κ3) is 4.10. The van der Waals surface area contributed by atoms with E-state index in [2.05, 4.69) is 11.3 Å². The monoisotopic (exact) mass is 292 g/mol. The Balaban J connectivity index is 3.07. The maximum atomic E-state index is 12.1. The standard InChI is InChI=1S/C14H16N2O3S/c1-3-5-12(6-4-2)16-20(18,19)13-9-7-11(8-10-13)14(15)17/h3-10,16H,1H2,2H3,(H2,15,17)/b6-4-,12-5+. The van der Waals surface area contributed by atoms with Crippen molar-refractivity contribution in [1.82, 2.24) is 4.72 Å². The summed E-state index contributed by atoms with van der Waals surface area (Å²) >= 11 is 0. The molecule has 3 N–H and O–H groups in total. The lowest BCUT2D eigenvalue weighted by molar-refractivity contribution is 0.1000. The molecule has 20 heavy (non-hydrogen) atoms. The van der Waals surface area contributed by atoms with E-state index in [0.717, 1.165) is 0 Å². The van der Waals surface area contributed by atoms with Gasteiger partial charge in [-0.2, -0.15) is 0 Å². The lowest BCUT2D eigenvalue weighted by Crippen LogP contribution is -2.22. The zero-order valence-electron chi connectivity index (χ0n) is 11.0. The van der Waals surface area contributed by atoms with Crippen molar-refractivity contribution in [2.45, 2.75) is 11.8 Å². The van der Waals surface area contributed by atoms with E-state index in [1.807, 2.05) is 0 Å². The first-order chi connectivity index (χ1) is 9.40. The summed E-state index contributed by atoms with van der Waals surface area (Å²) in [4.78, 5) is 11.0. The van der Waals surface area contributed by atoms with Crippen LogP contribution in [0.4, 0.5) is 0 Å². The SMILES string of the molecule is C=C/C=C(\C=C/C)NS(=O)(=O)c1ccc(C(N)=O)cc1. The van der Waals surface area contributed by atoms with Crippen molar-refractivity contribution in [3.05, 3.63) is 66.4 Å². The number of amides is 1. The molecule has 1 aromatic carbocycles. The van der Waals surface area contributed by atoms with Crippen LogP contribution in [0, 0.1) is 0 Å². The van der Waals surface area contributed by atoms with Crippen LogP contribution in [0.25, 0.3) is 0 Å². The third-order valence-corrected chi connectivity index (χ3v) is 3.74. The van der Waals surface area contributed by atoms with Crippen molar-refractivity contribution in [2.75, 3.05) is 0 Å². The molecule has 6 heteroatoms. The van der Waals surface area contributed by atoms with Crippen LogP contribution >= 0.6 is 0 Å². The van der Waals surface area contributed by atoms with Gasteiger partial charge in [0.1, 0.15) is 0 Å². The summed E-state index contributed by atoms with van der Waals surface area (Å²) in [5.74, 6) is -0.608. The van der Waals surface area contributed by atoms with Crippen LogP contribution in [0.5, 0.6) is 0 Å². The van der Waals surface area contributed by atoms with Gasteiger partial charge in [0.15, 0.2) is 0 Å². The molecule has 0 saturated heterocycles. The van der Waals surface area contributed by atoms with Crippen LogP contribution < -0.4 is 10.5 Å². The van der Waals surface area contributed by atoms with Crippen LogP contribution in [0.1, 0.15) is 17.3 Å². The first-order valence-corrected chi connectivity index (χ1v) is 7.27. The van der Waals surface area contributed by atoms with Crippen LogP contribution in [-0.2, 0) is 10.0 Å². The molecular weight excluding hydrogens is 276 g/mol. The summed E-state index contributed by atoms with van der Waals surface area (Å²) in [5, 5.41) is 0. The van der Waals surface area contributed by atoms with Gasteiger partial charge in [-0.3, -0.25) is 9.52 Å². The van der Waals surface area contributed by atoms with E-state index in [0.29, 0.717) is 5.70 Å². The van der Waals surface area contributed by atoms with E-state index in [4.69, 9.17) is 5.73 Å². The van der Waals surface area contributed by atoms with Gasteiger partial charge in [0.2, 0.25) is 5.91 Å². The molecule has 0 bridgehead atoms. The van der Waals surface area contributed by atoms with Crippen molar-refractivity contribution >= 4 is 15.9 Å². The van der Waals surface area contributed by atoms with Gasteiger partial charge in [-0.25, -0.2) is 8.42 Å². The van der Waals surface area contributed by atoms with Crippen LogP contribution in [0.2, 0.25) is 0 Å². The number of rotatable bonds is 6. The minimum Gasteiger partial charge on any atom is -0.366 e. The quantitative estimate of drug-likeness (QED) is 0.782. The molecule has 0 saturated carbocycles. The number of primary amides is 1. The normalized spacial score (nSPS) is 12.3. The molecule has 0 heterocycles. The maximum absolute atomic E-state index is 12.1. The second-order valence-electron chi connectivity index (χ2n) is 3.85. The van der Waals surface area contributed by atoms with Gasteiger partial charge in [-0.05, 0) is 43.3 Å². The Morgan fingerprint density at radius 2 is 1.90 bits per heavy atom. The summed E-state index contributed by atoms with van der Waals surface area (Å²) in [7, 11) is -3.72. The molecule has 0 aliphatic heterocycles. The van der Waals surface area contributed by atoms with Gasteiger partial charge < -0.3 is 5.73 Å². The van der Waals surface area contributed by atoms with Crippen LogP contribution in [0.3, 0.4) is 0 Å². The highest BCUT2D eigenvalue weighted by molar-refractivity contribution is 7.89. The Labute approximate surface area is 118 Å². The molecule has 0 radical (unpaired) electrons. The number of nitrogens with one attached hydrogen (secondary N) is 1. The Hall–Kier alpha value is -2.34. The topological polar surface area (TPSA) is 89.3 Å². The molecule has 0 spiro atoms. The summed E-state index contributed by atoms with van der Waals surface area (Å²) in [6, 6.07) is 5.38. The van der Waals surface area contributed by atoms with Crippen molar-refractivity contribution < 1.29 is 13.2 Å². The average molecular weight is 292 g/mol. The maximum Gasteiger partial charge on any atom is 0.261 e. The van der Waals surface area contributed by atoms with Gasteiger partial charge in [0.25, 0.3) is 10.0 Å². The van der Waals surface area contributed by atoms with E-state index < -0.39 is 15.9 Å². The van der Waals surface area contributed by atoms with Crippen LogP contribution in [-0.4, -0.2) is 14.3 Å². The van der Waals surface area contributed by atoms with E-state index in [-0.39, 0.29) is 10.5 Å². The lowest BCUT2D eigenvalue weighted by Gasteiger charge is -2.08. The molecule has 106 valence electrons. The smallest absolute Gasteiger partial charge is 0.261 e. The highest BCUT2D eigenvalue weighted by atomic mass is 32.2. The molecule has 1 amide bonds. The molecule has 0 aliphatic carbocycles. The minimum absolute atomic E-state index is 0.0435. The number of nitrogens with two attached hydrogens (primary N) is 1. The number of benzene rings is 1. The summed E-state index contributed by atoms with van der Waals surface area (Å²) < 4.78 is 26.7. The third-order valence-electron chi connectivity index (χ3n) is 2.34. The largest absolute Gasteiger partial charge is 0.366 e. The summed E-state index contributed by atoms with van der Waals surface area (Å²) in [6.07, 6.45) is 6.33. The highest BCUT2D eigenvalue weighted by Gasteiger charge is 2.14. The van der Waals surface area contributed by atoms with Crippen molar-refractivity contribution in [3.63, 3.8) is 0 Å². The number of carbonyl (C=O) groups excluding carboxylic acids is 1. The summed E-state index contributed by atoms with van der Waals surface area (Å²) in [6.45, 7) is 5.29. The second-order valence-corrected chi connectivity index (χ2v) is 5.53. The number of sulfonamides is 1. The van der Waals surface area contributed by atoms with Gasteiger partial charge in [-0.1, -0.05) is 18.7 Å². The second kappa shape index (κ2) is 6.72.